The van der Waals surface area contributed by atoms with Crippen LogP contribution in [0.2, 0.25) is 0 Å². The number of amides is 1. The van der Waals surface area contributed by atoms with Crippen molar-refractivity contribution in [3.8, 4) is 5.75 Å². The van der Waals surface area contributed by atoms with E-state index >= 15 is 0 Å². The molecule has 0 radical (unpaired) electrons. The zero-order chi connectivity index (χ0) is 17.9. The number of carboxylic acids is 1. The molecule has 1 aromatic rings. The monoisotopic (exact) mass is 323 g/mol. The first kappa shape index (κ1) is 18.8. The van der Waals surface area contributed by atoms with Crippen LogP contribution in [-0.4, -0.2) is 33.9 Å². The van der Waals surface area contributed by atoms with Gasteiger partial charge < -0.3 is 20.3 Å². The Hall–Kier alpha value is -2.24. The van der Waals surface area contributed by atoms with Gasteiger partial charge in [-0.1, -0.05) is 0 Å². The van der Waals surface area contributed by atoms with Crippen molar-refractivity contribution in [1.82, 2.24) is 5.32 Å². The number of carbonyl (C=O) groups excluding carboxylic acids is 1. The molecule has 0 bridgehead atoms. The fourth-order valence-corrected chi connectivity index (χ4v) is 2.28. The van der Waals surface area contributed by atoms with Gasteiger partial charge in [0, 0.05) is 6.42 Å². The molecule has 0 aliphatic rings. The smallest absolute Gasteiger partial charge is 0.408 e. The van der Waals surface area contributed by atoms with Crippen molar-refractivity contribution in [3.63, 3.8) is 0 Å². The minimum absolute atomic E-state index is 0.118. The summed E-state index contributed by atoms with van der Waals surface area (Å²) in [5.41, 5.74) is 2.40. The quantitative estimate of drug-likeness (QED) is 0.792. The SMILES string of the molecule is Cc1cc(O)c(C)c(C)c1C[C@H](NC(=O)OC(C)(C)C)C(=O)O. The van der Waals surface area contributed by atoms with Gasteiger partial charge in [0.05, 0.1) is 0 Å². The average Bonchev–Trinajstić information content (AvgIpc) is 2.37. The summed E-state index contributed by atoms with van der Waals surface area (Å²) in [5, 5.41) is 21.6. The Labute approximate surface area is 136 Å². The minimum atomic E-state index is -1.14. The maximum Gasteiger partial charge on any atom is 0.408 e. The van der Waals surface area contributed by atoms with Crippen LogP contribution < -0.4 is 5.32 Å². The summed E-state index contributed by atoms with van der Waals surface area (Å²) in [4.78, 5) is 23.3. The lowest BCUT2D eigenvalue weighted by Crippen LogP contribution is -2.44. The Morgan fingerprint density at radius 2 is 1.78 bits per heavy atom. The summed E-state index contributed by atoms with van der Waals surface area (Å²) in [6, 6.07) is 0.496. The van der Waals surface area contributed by atoms with Gasteiger partial charge >= 0.3 is 12.1 Å². The van der Waals surface area contributed by atoms with E-state index in [2.05, 4.69) is 5.32 Å². The van der Waals surface area contributed by atoms with Gasteiger partial charge in [-0.2, -0.15) is 0 Å². The molecule has 1 atom stereocenters. The van der Waals surface area contributed by atoms with Gasteiger partial charge in [0.15, 0.2) is 0 Å². The highest BCUT2D eigenvalue weighted by Gasteiger charge is 2.25. The zero-order valence-electron chi connectivity index (χ0n) is 14.5. The van der Waals surface area contributed by atoms with Crippen LogP contribution in [0.15, 0.2) is 6.07 Å². The van der Waals surface area contributed by atoms with Crippen molar-refractivity contribution in [2.24, 2.45) is 0 Å². The third-order valence-corrected chi connectivity index (χ3v) is 3.63. The van der Waals surface area contributed by atoms with Crippen molar-refractivity contribution >= 4 is 12.1 Å². The Balaban J connectivity index is 3.00. The fourth-order valence-electron chi connectivity index (χ4n) is 2.28. The number of aromatic hydroxyl groups is 1. The molecule has 0 aliphatic heterocycles. The van der Waals surface area contributed by atoms with Crippen molar-refractivity contribution in [1.29, 1.82) is 0 Å². The van der Waals surface area contributed by atoms with E-state index in [4.69, 9.17) is 4.74 Å². The summed E-state index contributed by atoms with van der Waals surface area (Å²) < 4.78 is 5.11. The van der Waals surface area contributed by atoms with Crippen molar-refractivity contribution in [2.75, 3.05) is 0 Å². The molecule has 0 saturated carbocycles. The Morgan fingerprint density at radius 1 is 1.22 bits per heavy atom. The third kappa shape index (κ3) is 5.16. The van der Waals surface area contributed by atoms with E-state index in [1.807, 2.05) is 6.92 Å². The topological polar surface area (TPSA) is 95.9 Å². The van der Waals surface area contributed by atoms with Crippen molar-refractivity contribution in [2.45, 2.75) is 59.6 Å². The number of aryl methyl sites for hydroxylation is 1. The maximum absolute atomic E-state index is 11.8. The van der Waals surface area contributed by atoms with Crippen LogP contribution in [0.4, 0.5) is 4.79 Å². The predicted molar refractivity (Wildman–Crippen MR) is 86.8 cm³/mol. The van der Waals surface area contributed by atoms with Gasteiger partial charge in [0.1, 0.15) is 17.4 Å². The normalized spacial score (nSPS) is 12.6. The third-order valence-electron chi connectivity index (χ3n) is 3.63. The van der Waals surface area contributed by atoms with Crippen LogP contribution in [0.5, 0.6) is 5.75 Å². The van der Waals surface area contributed by atoms with Crippen molar-refractivity contribution < 1.29 is 24.5 Å². The molecule has 0 aromatic heterocycles. The van der Waals surface area contributed by atoms with E-state index in [0.717, 1.165) is 16.7 Å². The van der Waals surface area contributed by atoms with E-state index in [-0.39, 0.29) is 12.2 Å². The maximum atomic E-state index is 11.8. The summed E-state index contributed by atoms with van der Waals surface area (Å²) in [7, 11) is 0. The molecule has 0 fully saturated rings. The summed E-state index contributed by atoms with van der Waals surface area (Å²) in [6.07, 6.45) is -0.649. The number of benzene rings is 1. The average molecular weight is 323 g/mol. The van der Waals surface area contributed by atoms with Gasteiger partial charge in [-0.3, -0.25) is 0 Å². The number of rotatable bonds is 4. The second kappa shape index (κ2) is 6.89. The first-order chi connectivity index (χ1) is 10.4. The standard InChI is InChI=1S/C17H25NO5/c1-9-7-14(19)11(3)10(2)12(9)8-13(15(20)21)18-16(22)23-17(4,5)6/h7,13,19H,8H2,1-6H3,(H,18,22)(H,20,21)/t13-/m0/s1. The number of carbonyl (C=O) groups is 2. The molecular weight excluding hydrogens is 298 g/mol. The van der Waals surface area contributed by atoms with Gasteiger partial charge in [0.25, 0.3) is 0 Å². The van der Waals surface area contributed by atoms with Crippen LogP contribution in [0.3, 0.4) is 0 Å². The highest BCUT2D eigenvalue weighted by atomic mass is 16.6. The molecular formula is C17H25NO5. The molecule has 1 rings (SSSR count). The second-order valence-electron chi connectivity index (χ2n) is 6.68. The number of nitrogens with one attached hydrogen (secondary N) is 1. The van der Waals surface area contributed by atoms with E-state index in [1.165, 1.54) is 0 Å². The van der Waals surface area contributed by atoms with Crippen molar-refractivity contribution in [3.05, 3.63) is 28.3 Å². The summed E-state index contributed by atoms with van der Waals surface area (Å²) >= 11 is 0. The zero-order valence-corrected chi connectivity index (χ0v) is 14.5. The largest absolute Gasteiger partial charge is 0.508 e. The van der Waals surface area contributed by atoms with Crippen LogP contribution in [0.25, 0.3) is 0 Å². The first-order valence-electron chi connectivity index (χ1n) is 7.43. The Kier molecular flexibility index (Phi) is 5.64. The highest BCUT2D eigenvalue weighted by Crippen LogP contribution is 2.27. The van der Waals surface area contributed by atoms with Gasteiger partial charge in [-0.15, -0.1) is 0 Å². The van der Waals surface area contributed by atoms with Gasteiger partial charge in [-0.25, -0.2) is 9.59 Å². The number of carboxylic acid groups (broad SMARTS) is 1. The molecule has 3 N–H and O–H groups in total. The van der Waals surface area contributed by atoms with Crippen LogP contribution in [0, 0.1) is 20.8 Å². The number of phenolic OH excluding ortho intramolecular Hbond substituents is 1. The van der Waals surface area contributed by atoms with E-state index < -0.39 is 23.7 Å². The lowest BCUT2D eigenvalue weighted by atomic mass is 9.92. The highest BCUT2D eigenvalue weighted by molar-refractivity contribution is 5.80. The molecule has 128 valence electrons. The molecule has 0 aliphatic carbocycles. The van der Waals surface area contributed by atoms with Crippen LogP contribution in [0.1, 0.15) is 43.0 Å². The molecule has 0 spiro atoms. The Morgan fingerprint density at radius 3 is 2.26 bits per heavy atom. The molecule has 23 heavy (non-hydrogen) atoms. The molecule has 6 nitrogen and oxygen atoms in total. The number of hydrogen-bond acceptors (Lipinski definition) is 4. The minimum Gasteiger partial charge on any atom is -0.508 e. The number of ether oxygens (including phenoxy) is 1. The molecule has 0 heterocycles. The summed E-state index contributed by atoms with van der Waals surface area (Å²) in [5.74, 6) is -0.962. The predicted octanol–water partition coefficient (Wildman–Crippen LogP) is 2.84. The molecule has 6 heteroatoms. The molecule has 0 unspecified atom stereocenters. The summed E-state index contributed by atoms with van der Waals surface area (Å²) in [6.45, 7) is 10.5. The number of aliphatic carboxylic acids is 1. The van der Waals surface area contributed by atoms with Gasteiger partial charge in [0.2, 0.25) is 0 Å². The number of hydrogen-bond donors (Lipinski definition) is 3. The number of alkyl carbamates (subject to hydrolysis) is 1. The van der Waals surface area contributed by atoms with Crippen LogP contribution >= 0.6 is 0 Å². The van der Waals surface area contributed by atoms with Crippen LogP contribution in [-0.2, 0) is 16.0 Å². The molecule has 0 saturated heterocycles. The number of phenols is 1. The first-order valence-corrected chi connectivity index (χ1v) is 7.43. The molecule has 1 amide bonds. The van der Waals surface area contributed by atoms with E-state index in [0.29, 0.717) is 5.56 Å². The van der Waals surface area contributed by atoms with Gasteiger partial charge in [-0.05, 0) is 69.9 Å². The lowest BCUT2D eigenvalue weighted by molar-refractivity contribution is -0.139. The Bertz CT molecular complexity index is 616. The fraction of sp³-hybridized carbons (Fsp3) is 0.529. The lowest BCUT2D eigenvalue weighted by Gasteiger charge is -2.23. The second-order valence-corrected chi connectivity index (χ2v) is 6.68. The van der Waals surface area contributed by atoms with E-state index in [1.54, 1.807) is 40.7 Å². The van der Waals surface area contributed by atoms with E-state index in [9.17, 15) is 19.8 Å². The molecule has 1 aromatic carbocycles.